The van der Waals surface area contributed by atoms with Gasteiger partial charge in [0.15, 0.2) is 0 Å². The number of benzene rings is 1. The zero-order chi connectivity index (χ0) is 18.5. The summed E-state index contributed by atoms with van der Waals surface area (Å²) in [5, 5.41) is 6.28. The fourth-order valence-corrected chi connectivity index (χ4v) is 3.29. The minimum absolute atomic E-state index is 0.137. The quantitative estimate of drug-likeness (QED) is 0.851. The van der Waals surface area contributed by atoms with Crippen molar-refractivity contribution in [3.8, 4) is 5.75 Å². The molecule has 6 nitrogen and oxygen atoms in total. The van der Waals surface area contributed by atoms with E-state index in [1.54, 1.807) is 13.2 Å². The van der Waals surface area contributed by atoms with Crippen LogP contribution in [0.2, 0.25) is 0 Å². The number of carbonyl (C=O) groups excluding carboxylic acids is 1. The summed E-state index contributed by atoms with van der Waals surface area (Å²) < 4.78 is 5.38. The second-order valence-corrected chi connectivity index (χ2v) is 6.86. The molecule has 1 amide bonds. The maximum Gasteiger partial charge on any atom is 0.270 e. The van der Waals surface area contributed by atoms with Crippen molar-refractivity contribution in [2.45, 2.75) is 52.0 Å². The van der Waals surface area contributed by atoms with Gasteiger partial charge in [0.05, 0.1) is 12.8 Å². The summed E-state index contributed by atoms with van der Waals surface area (Å²) >= 11 is 0. The first-order chi connectivity index (χ1) is 12.5. The van der Waals surface area contributed by atoms with Crippen LogP contribution in [0.5, 0.6) is 5.75 Å². The van der Waals surface area contributed by atoms with E-state index >= 15 is 0 Å². The number of ether oxygens (including phenoxy) is 1. The highest BCUT2D eigenvalue weighted by Crippen LogP contribution is 2.27. The lowest BCUT2D eigenvalue weighted by atomic mass is 9.95. The monoisotopic (exact) mass is 354 g/mol. The van der Waals surface area contributed by atoms with Crippen molar-refractivity contribution in [3.63, 3.8) is 0 Å². The highest BCUT2D eigenvalue weighted by Gasteiger charge is 2.18. The fourth-order valence-electron chi connectivity index (χ4n) is 3.29. The summed E-state index contributed by atoms with van der Waals surface area (Å²) in [5.74, 6) is 0.957. The number of aryl methyl sites for hydroxylation is 2. The summed E-state index contributed by atoms with van der Waals surface area (Å²) in [4.78, 5) is 21.4. The Kier molecular flexibility index (Phi) is 5.71. The zero-order valence-electron chi connectivity index (χ0n) is 15.6. The van der Waals surface area contributed by atoms with Gasteiger partial charge in [-0.25, -0.2) is 9.97 Å². The number of anilines is 2. The molecule has 0 spiro atoms. The lowest BCUT2D eigenvalue weighted by Gasteiger charge is -2.22. The van der Waals surface area contributed by atoms with Gasteiger partial charge in [-0.3, -0.25) is 4.79 Å². The average molecular weight is 354 g/mol. The number of carbonyl (C=O) groups is 1. The smallest absolute Gasteiger partial charge is 0.270 e. The number of hydrogen-bond donors (Lipinski definition) is 2. The molecule has 2 aromatic rings. The number of methoxy groups -OCH3 is 1. The van der Waals surface area contributed by atoms with E-state index < -0.39 is 0 Å². The van der Waals surface area contributed by atoms with Crippen molar-refractivity contribution >= 4 is 17.5 Å². The standard InChI is InChI=1S/C20H26N4O2/c1-13-9-10-18(26-3)16(11-13)23-20-21-14(2)12-17(24-20)19(25)22-15-7-5-4-6-8-15/h9-12,15H,4-8H2,1-3H3,(H,22,25)(H,21,23,24). The summed E-state index contributed by atoms with van der Waals surface area (Å²) in [5.41, 5.74) is 2.99. The molecule has 26 heavy (non-hydrogen) atoms. The van der Waals surface area contributed by atoms with E-state index in [1.165, 1.54) is 19.3 Å². The molecule has 0 atom stereocenters. The average Bonchev–Trinajstić information content (AvgIpc) is 2.62. The highest BCUT2D eigenvalue weighted by molar-refractivity contribution is 5.93. The van der Waals surface area contributed by atoms with Crippen LogP contribution >= 0.6 is 0 Å². The zero-order valence-corrected chi connectivity index (χ0v) is 15.6. The third-order valence-corrected chi connectivity index (χ3v) is 4.63. The molecular formula is C20H26N4O2. The molecule has 0 radical (unpaired) electrons. The number of aromatic nitrogens is 2. The summed E-state index contributed by atoms with van der Waals surface area (Å²) in [7, 11) is 1.62. The van der Waals surface area contributed by atoms with Crippen molar-refractivity contribution in [1.82, 2.24) is 15.3 Å². The van der Waals surface area contributed by atoms with Gasteiger partial charge in [-0.1, -0.05) is 25.3 Å². The Morgan fingerprint density at radius 1 is 1.12 bits per heavy atom. The van der Waals surface area contributed by atoms with Crippen molar-refractivity contribution < 1.29 is 9.53 Å². The minimum atomic E-state index is -0.137. The van der Waals surface area contributed by atoms with Crippen LogP contribution in [-0.2, 0) is 0 Å². The van der Waals surface area contributed by atoms with Gasteiger partial charge in [0.2, 0.25) is 5.95 Å². The van der Waals surface area contributed by atoms with E-state index in [2.05, 4.69) is 20.6 Å². The van der Waals surface area contributed by atoms with E-state index in [1.807, 2.05) is 32.0 Å². The third kappa shape index (κ3) is 4.50. The molecule has 1 aliphatic carbocycles. The van der Waals surface area contributed by atoms with Gasteiger partial charge >= 0.3 is 0 Å². The number of rotatable bonds is 5. The van der Waals surface area contributed by atoms with E-state index in [4.69, 9.17) is 4.74 Å². The fraction of sp³-hybridized carbons (Fsp3) is 0.450. The predicted molar refractivity (Wildman–Crippen MR) is 102 cm³/mol. The summed E-state index contributed by atoms with van der Waals surface area (Å²) in [6.07, 6.45) is 5.69. The molecule has 1 aromatic carbocycles. The molecule has 0 unspecified atom stereocenters. The van der Waals surface area contributed by atoms with Crippen LogP contribution in [-0.4, -0.2) is 29.0 Å². The highest BCUT2D eigenvalue weighted by atomic mass is 16.5. The SMILES string of the molecule is COc1ccc(C)cc1Nc1nc(C)cc(C(=O)NC2CCCCC2)n1. The maximum absolute atomic E-state index is 12.6. The minimum Gasteiger partial charge on any atom is -0.495 e. The van der Waals surface area contributed by atoms with Crippen LogP contribution in [0, 0.1) is 13.8 Å². The summed E-state index contributed by atoms with van der Waals surface area (Å²) in [6.45, 7) is 3.86. The van der Waals surface area contributed by atoms with Crippen LogP contribution in [0.1, 0.15) is 53.8 Å². The number of amides is 1. The second-order valence-electron chi connectivity index (χ2n) is 6.86. The van der Waals surface area contributed by atoms with E-state index in [0.717, 1.165) is 29.8 Å². The van der Waals surface area contributed by atoms with Gasteiger partial charge in [0.1, 0.15) is 11.4 Å². The Morgan fingerprint density at radius 3 is 2.62 bits per heavy atom. The molecule has 0 saturated heterocycles. The molecule has 3 rings (SSSR count). The largest absolute Gasteiger partial charge is 0.495 e. The van der Waals surface area contributed by atoms with Gasteiger partial charge in [-0.2, -0.15) is 0 Å². The third-order valence-electron chi connectivity index (χ3n) is 4.63. The van der Waals surface area contributed by atoms with Crippen molar-refractivity contribution in [2.75, 3.05) is 12.4 Å². The Bertz CT molecular complexity index is 785. The normalized spacial score (nSPS) is 14.7. The van der Waals surface area contributed by atoms with Crippen molar-refractivity contribution in [2.24, 2.45) is 0 Å². The molecule has 0 aliphatic heterocycles. The first-order valence-electron chi connectivity index (χ1n) is 9.13. The lowest BCUT2D eigenvalue weighted by molar-refractivity contribution is 0.0922. The Balaban J connectivity index is 1.79. The number of nitrogens with zero attached hydrogens (tertiary/aromatic N) is 2. The first-order valence-corrected chi connectivity index (χ1v) is 9.13. The molecule has 6 heteroatoms. The molecule has 1 heterocycles. The van der Waals surface area contributed by atoms with Crippen LogP contribution in [0.3, 0.4) is 0 Å². The molecule has 1 saturated carbocycles. The van der Waals surface area contributed by atoms with E-state index in [9.17, 15) is 4.79 Å². The second kappa shape index (κ2) is 8.17. The van der Waals surface area contributed by atoms with Gasteiger partial charge in [0.25, 0.3) is 5.91 Å². The van der Waals surface area contributed by atoms with E-state index in [-0.39, 0.29) is 11.9 Å². The Morgan fingerprint density at radius 2 is 1.88 bits per heavy atom. The molecule has 138 valence electrons. The topological polar surface area (TPSA) is 76.1 Å². The van der Waals surface area contributed by atoms with E-state index in [0.29, 0.717) is 17.4 Å². The van der Waals surface area contributed by atoms with Crippen molar-refractivity contribution in [3.05, 3.63) is 41.2 Å². The maximum atomic E-state index is 12.6. The molecule has 2 N–H and O–H groups in total. The van der Waals surface area contributed by atoms with Gasteiger partial charge in [-0.15, -0.1) is 0 Å². The molecule has 0 bridgehead atoms. The Labute approximate surface area is 154 Å². The molecule has 1 fully saturated rings. The van der Waals surface area contributed by atoms with Crippen LogP contribution in [0.4, 0.5) is 11.6 Å². The first kappa shape index (κ1) is 18.2. The van der Waals surface area contributed by atoms with Crippen LogP contribution < -0.4 is 15.4 Å². The number of hydrogen-bond acceptors (Lipinski definition) is 5. The summed E-state index contributed by atoms with van der Waals surface area (Å²) in [6, 6.07) is 7.80. The molecular weight excluding hydrogens is 328 g/mol. The molecule has 1 aromatic heterocycles. The van der Waals surface area contributed by atoms with Gasteiger partial charge < -0.3 is 15.4 Å². The van der Waals surface area contributed by atoms with Crippen LogP contribution in [0.15, 0.2) is 24.3 Å². The van der Waals surface area contributed by atoms with Gasteiger partial charge in [-0.05, 0) is 50.5 Å². The lowest BCUT2D eigenvalue weighted by Crippen LogP contribution is -2.36. The van der Waals surface area contributed by atoms with Crippen LogP contribution in [0.25, 0.3) is 0 Å². The Hall–Kier alpha value is -2.63. The number of nitrogens with one attached hydrogen (secondary N) is 2. The molecule has 1 aliphatic rings. The van der Waals surface area contributed by atoms with Gasteiger partial charge in [0, 0.05) is 11.7 Å². The van der Waals surface area contributed by atoms with Crippen molar-refractivity contribution in [1.29, 1.82) is 0 Å². The predicted octanol–water partition coefficient (Wildman–Crippen LogP) is 3.91.